The number of rotatable bonds is 8. The van der Waals surface area contributed by atoms with E-state index in [1.807, 2.05) is 23.8 Å². The van der Waals surface area contributed by atoms with Gasteiger partial charge in [-0.1, -0.05) is 29.3 Å². The van der Waals surface area contributed by atoms with Gasteiger partial charge in [0.1, 0.15) is 6.04 Å². The second-order valence-corrected chi connectivity index (χ2v) is 10.0. The number of hydrogen-bond donors (Lipinski definition) is 1. The van der Waals surface area contributed by atoms with Crippen LogP contribution in [0.4, 0.5) is 0 Å². The number of carbonyl (C=O) groups excluding carboxylic acids is 3. The molecule has 1 N–H and O–H groups in total. The van der Waals surface area contributed by atoms with Gasteiger partial charge in [-0.15, -0.1) is 23.1 Å². The molecule has 0 bridgehead atoms. The number of benzene rings is 1. The van der Waals surface area contributed by atoms with E-state index in [0.717, 1.165) is 10.6 Å². The highest BCUT2D eigenvalue weighted by Crippen LogP contribution is 2.35. The molecule has 3 rings (SSSR count). The van der Waals surface area contributed by atoms with E-state index in [1.54, 1.807) is 16.5 Å². The van der Waals surface area contributed by atoms with Gasteiger partial charge in [0.05, 0.1) is 28.4 Å². The Labute approximate surface area is 216 Å². The summed E-state index contributed by atoms with van der Waals surface area (Å²) in [5.74, 6) is -1.18. The molecule has 2 amide bonds. The largest absolute Gasteiger partial charge is 0.467 e. The van der Waals surface area contributed by atoms with Crippen LogP contribution in [-0.2, 0) is 25.5 Å². The molecular weight excluding hydrogens is 517 g/mol. The molecule has 182 valence electrons. The fourth-order valence-electron chi connectivity index (χ4n) is 3.63. The molecule has 1 saturated heterocycles. The minimum Gasteiger partial charge on any atom is -0.467 e. The predicted molar refractivity (Wildman–Crippen MR) is 136 cm³/mol. The van der Waals surface area contributed by atoms with Crippen molar-refractivity contribution in [1.29, 1.82) is 0 Å². The molecule has 2 heterocycles. The molecule has 1 aliphatic rings. The van der Waals surface area contributed by atoms with Gasteiger partial charge >= 0.3 is 5.97 Å². The highest BCUT2D eigenvalue weighted by Gasteiger charge is 2.30. The Morgan fingerprint density at radius 2 is 2.03 bits per heavy atom. The van der Waals surface area contributed by atoms with Crippen LogP contribution in [0.25, 0.3) is 6.08 Å². The summed E-state index contributed by atoms with van der Waals surface area (Å²) >= 11 is 15.5. The van der Waals surface area contributed by atoms with Crippen LogP contribution in [-0.4, -0.2) is 60.2 Å². The van der Waals surface area contributed by atoms with Crippen LogP contribution in [0.2, 0.25) is 10.0 Å². The minimum atomic E-state index is -0.795. The number of hydrogen-bond acceptors (Lipinski definition) is 7. The minimum absolute atomic E-state index is 0.157. The quantitative estimate of drug-likeness (QED) is 0.304. The van der Waals surface area contributed by atoms with Crippen LogP contribution in [0.15, 0.2) is 34.0 Å². The first-order valence-electron chi connectivity index (χ1n) is 10.6. The molecule has 1 atom stereocenters. The number of halogens is 2. The van der Waals surface area contributed by atoms with E-state index >= 15 is 0 Å². The molecule has 2 aromatic rings. The number of methoxy groups -OCH3 is 1. The third kappa shape index (κ3) is 6.75. The van der Waals surface area contributed by atoms with Crippen molar-refractivity contribution < 1.29 is 19.1 Å². The Morgan fingerprint density at radius 3 is 2.65 bits per heavy atom. The molecule has 11 heteroatoms. The van der Waals surface area contributed by atoms with Crippen molar-refractivity contribution in [3.8, 4) is 0 Å². The number of piperidine rings is 1. The van der Waals surface area contributed by atoms with Crippen LogP contribution in [0.3, 0.4) is 0 Å². The normalized spacial score (nSPS) is 15.4. The Balaban J connectivity index is 1.54. The molecule has 1 aromatic carbocycles. The van der Waals surface area contributed by atoms with E-state index in [4.69, 9.17) is 27.9 Å². The Morgan fingerprint density at radius 1 is 1.29 bits per heavy atom. The first-order valence-corrected chi connectivity index (χ1v) is 13.5. The van der Waals surface area contributed by atoms with Crippen molar-refractivity contribution >= 4 is 70.2 Å². The number of ether oxygens (including phenoxy) is 1. The number of thiazole rings is 1. The second kappa shape index (κ2) is 12.6. The first kappa shape index (κ1) is 26.5. The summed E-state index contributed by atoms with van der Waals surface area (Å²) in [5, 5.41) is 5.50. The summed E-state index contributed by atoms with van der Waals surface area (Å²) < 4.78 is 4.83. The van der Waals surface area contributed by atoms with Gasteiger partial charge in [0, 0.05) is 41.8 Å². The topological polar surface area (TPSA) is 88.6 Å². The lowest BCUT2D eigenvalue weighted by molar-refractivity contribution is -0.145. The summed E-state index contributed by atoms with van der Waals surface area (Å²) in [6, 6.07) is 2.89. The lowest BCUT2D eigenvalue weighted by Gasteiger charge is -2.31. The van der Waals surface area contributed by atoms with E-state index in [1.165, 1.54) is 36.3 Å². The van der Waals surface area contributed by atoms with Crippen LogP contribution in [0.1, 0.15) is 24.1 Å². The number of likely N-dealkylation sites (tertiary alicyclic amines) is 1. The highest BCUT2D eigenvalue weighted by molar-refractivity contribution is 7.98. The van der Waals surface area contributed by atoms with Gasteiger partial charge in [-0.3, -0.25) is 9.59 Å². The Hall–Kier alpha value is -2.07. The second-order valence-electron chi connectivity index (χ2n) is 7.69. The number of carbonyl (C=O) groups is 3. The smallest absolute Gasteiger partial charge is 0.328 e. The highest BCUT2D eigenvalue weighted by atomic mass is 35.5. The van der Waals surface area contributed by atoms with Crippen molar-refractivity contribution in [2.75, 3.05) is 26.5 Å². The standard InChI is InChI=1S/C23H25Cl2N3O4S2/c1-32-23(31)17(11-16-12-34-13-26-16)27-22(30)15-7-9-28(10-8-15)19(29)6-4-14-3-5-18(33-2)21(25)20(14)24/h3-6,12-13,15,17H,7-11H2,1-2H3,(H,27,30)/b6-4+/t17-/m0/s1. The van der Waals surface area contributed by atoms with E-state index < -0.39 is 12.0 Å². The van der Waals surface area contributed by atoms with E-state index in [0.29, 0.717) is 41.5 Å². The Kier molecular flexibility index (Phi) is 9.82. The van der Waals surface area contributed by atoms with Crippen LogP contribution in [0.5, 0.6) is 0 Å². The number of nitrogens with zero attached hydrogens (tertiary/aromatic N) is 2. The van der Waals surface area contributed by atoms with Crippen LogP contribution < -0.4 is 5.32 Å². The molecular formula is C23H25Cl2N3O4S2. The van der Waals surface area contributed by atoms with Gasteiger partial charge in [-0.2, -0.15) is 0 Å². The first-order chi connectivity index (χ1) is 16.3. The van der Waals surface area contributed by atoms with E-state index in [-0.39, 0.29) is 24.2 Å². The fraction of sp³-hybridized carbons (Fsp3) is 0.391. The zero-order valence-corrected chi connectivity index (χ0v) is 21.9. The molecule has 0 saturated carbocycles. The maximum Gasteiger partial charge on any atom is 0.328 e. The average Bonchev–Trinajstić information content (AvgIpc) is 3.37. The molecule has 0 spiro atoms. The van der Waals surface area contributed by atoms with Gasteiger partial charge in [0.15, 0.2) is 0 Å². The fourth-order valence-corrected chi connectivity index (χ4v) is 5.38. The number of thioether (sulfide) groups is 1. The van der Waals surface area contributed by atoms with Gasteiger partial charge in [-0.05, 0) is 36.8 Å². The van der Waals surface area contributed by atoms with Crippen molar-refractivity contribution in [3.05, 3.63) is 50.4 Å². The molecule has 1 fully saturated rings. The lowest BCUT2D eigenvalue weighted by atomic mass is 9.95. The maximum atomic E-state index is 12.8. The molecule has 0 radical (unpaired) electrons. The van der Waals surface area contributed by atoms with E-state index in [2.05, 4.69) is 10.3 Å². The molecule has 34 heavy (non-hydrogen) atoms. The lowest BCUT2D eigenvalue weighted by Crippen LogP contribution is -2.48. The van der Waals surface area contributed by atoms with E-state index in [9.17, 15) is 14.4 Å². The van der Waals surface area contributed by atoms with Gasteiger partial charge < -0.3 is 15.0 Å². The number of aromatic nitrogens is 1. The van der Waals surface area contributed by atoms with Crippen molar-refractivity contribution in [2.45, 2.75) is 30.2 Å². The zero-order valence-electron chi connectivity index (χ0n) is 18.8. The molecule has 1 aromatic heterocycles. The average molecular weight is 543 g/mol. The van der Waals surface area contributed by atoms with Crippen molar-refractivity contribution in [2.24, 2.45) is 5.92 Å². The third-order valence-corrected chi connectivity index (χ3v) is 8.00. The predicted octanol–water partition coefficient (Wildman–Crippen LogP) is 4.32. The summed E-state index contributed by atoms with van der Waals surface area (Å²) in [6.45, 7) is 0.881. The summed E-state index contributed by atoms with van der Waals surface area (Å²) in [5.41, 5.74) is 3.06. The van der Waals surface area contributed by atoms with Crippen LogP contribution >= 0.6 is 46.3 Å². The molecule has 0 aliphatic carbocycles. The van der Waals surface area contributed by atoms with Crippen molar-refractivity contribution in [3.63, 3.8) is 0 Å². The zero-order chi connectivity index (χ0) is 24.7. The van der Waals surface area contributed by atoms with Crippen molar-refractivity contribution in [1.82, 2.24) is 15.2 Å². The molecule has 1 aliphatic heterocycles. The summed E-state index contributed by atoms with van der Waals surface area (Å²) in [4.78, 5) is 44.3. The number of amides is 2. The summed E-state index contributed by atoms with van der Waals surface area (Å²) in [6.07, 6.45) is 6.32. The number of nitrogens with one attached hydrogen (secondary N) is 1. The monoisotopic (exact) mass is 541 g/mol. The van der Waals surface area contributed by atoms with Gasteiger partial charge in [0.25, 0.3) is 0 Å². The summed E-state index contributed by atoms with van der Waals surface area (Å²) in [7, 11) is 1.29. The molecule has 7 nitrogen and oxygen atoms in total. The number of esters is 1. The molecule has 0 unspecified atom stereocenters. The van der Waals surface area contributed by atoms with Gasteiger partial charge in [0.2, 0.25) is 11.8 Å². The SMILES string of the molecule is COC(=O)[C@H](Cc1cscn1)NC(=O)C1CCN(C(=O)/C=C/c2ccc(SC)c(Cl)c2Cl)CC1. The Bertz CT molecular complexity index is 1050. The van der Waals surface area contributed by atoms with Gasteiger partial charge in [-0.25, -0.2) is 9.78 Å². The van der Waals surface area contributed by atoms with Crippen LogP contribution in [0, 0.1) is 5.92 Å². The third-order valence-electron chi connectivity index (χ3n) is 5.58. The maximum absolute atomic E-state index is 12.8.